The Hall–Kier alpha value is -1.39. The van der Waals surface area contributed by atoms with Crippen LogP contribution in [0.1, 0.15) is 5.56 Å². The van der Waals surface area contributed by atoms with Crippen molar-refractivity contribution in [2.75, 3.05) is 0 Å². The van der Waals surface area contributed by atoms with Gasteiger partial charge in [0.2, 0.25) is 0 Å². The number of aromatic amines is 1. The molecule has 0 saturated carbocycles. The van der Waals surface area contributed by atoms with E-state index in [2.05, 4.69) is 15.2 Å². The lowest BCUT2D eigenvalue weighted by Gasteiger charge is -2.02. The third-order valence-corrected chi connectivity index (χ3v) is 1.91. The van der Waals surface area contributed by atoms with Crippen molar-refractivity contribution in [1.82, 2.24) is 15.2 Å². The summed E-state index contributed by atoms with van der Waals surface area (Å²) >= 11 is 0. The van der Waals surface area contributed by atoms with E-state index < -0.39 is 0 Å². The molecule has 2 aromatic rings. The zero-order chi connectivity index (χ0) is 9.10. The molecule has 0 aliphatic rings. The summed E-state index contributed by atoms with van der Waals surface area (Å²) in [5, 5.41) is 6.61. The molecule has 0 radical (unpaired) electrons. The third-order valence-electron chi connectivity index (χ3n) is 1.91. The Bertz CT molecular complexity index is 385. The molecule has 74 valence electrons. The molecule has 0 spiro atoms. The Kier molecular flexibility index (Phi) is 3.62. The molecular weight excluding hydrogens is 200 g/mol. The fourth-order valence-electron chi connectivity index (χ4n) is 1.26. The average molecular weight is 211 g/mol. The van der Waals surface area contributed by atoms with E-state index in [1.54, 1.807) is 0 Å². The summed E-state index contributed by atoms with van der Waals surface area (Å²) in [6.45, 7) is 0.511. The zero-order valence-electron chi connectivity index (χ0n) is 7.47. The maximum absolute atomic E-state index is 5.59. The molecule has 4 nitrogen and oxygen atoms in total. The molecule has 1 aromatic heterocycles. The van der Waals surface area contributed by atoms with Crippen LogP contribution in [0.4, 0.5) is 0 Å². The second-order valence-electron chi connectivity index (χ2n) is 2.70. The van der Waals surface area contributed by atoms with Crippen molar-refractivity contribution in [3.8, 4) is 11.4 Å². The highest BCUT2D eigenvalue weighted by atomic mass is 35.5. The van der Waals surface area contributed by atoms with Crippen LogP contribution in [0.15, 0.2) is 30.6 Å². The monoisotopic (exact) mass is 210 g/mol. The minimum absolute atomic E-state index is 0. The van der Waals surface area contributed by atoms with Gasteiger partial charge in [-0.05, 0) is 5.56 Å². The van der Waals surface area contributed by atoms with Gasteiger partial charge in [-0.3, -0.25) is 5.10 Å². The van der Waals surface area contributed by atoms with E-state index >= 15 is 0 Å². The zero-order valence-corrected chi connectivity index (χ0v) is 8.29. The van der Waals surface area contributed by atoms with Gasteiger partial charge < -0.3 is 5.73 Å². The van der Waals surface area contributed by atoms with Crippen LogP contribution < -0.4 is 5.73 Å². The Morgan fingerprint density at radius 2 is 2.07 bits per heavy atom. The number of H-pyrrole nitrogens is 1. The first-order valence-corrected chi connectivity index (χ1v) is 4.05. The summed E-state index contributed by atoms with van der Waals surface area (Å²) in [4.78, 5) is 4.07. The molecular formula is C9H11ClN4. The molecule has 3 N–H and O–H groups in total. The summed E-state index contributed by atoms with van der Waals surface area (Å²) < 4.78 is 0. The molecule has 0 amide bonds. The van der Waals surface area contributed by atoms with Gasteiger partial charge in [0.1, 0.15) is 6.33 Å². The third kappa shape index (κ3) is 1.92. The van der Waals surface area contributed by atoms with E-state index in [4.69, 9.17) is 5.73 Å². The predicted molar refractivity (Wildman–Crippen MR) is 57.0 cm³/mol. The van der Waals surface area contributed by atoms with E-state index in [0.29, 0.717) is 6.54 Å². The Morgan fingerprint density at radius 1 is 1.29 bits per heavy atom. The van der Waals surface area contributed by atoms with Gasteiger partial charge in [0.05, 0.1) is 0 Å². The number of aromatic nitrogens is 3. The second kappa shape index (κ2) is 4.74. The van der Waals surface area contributed by atoms with Crippen molar-refractivity contribution in [1.29, 1.82) is 0 Å². The number of nitrogens with one attached hydrogen (secondary N) is 1. The molecule has 0 saturated heterocycles. The highest BCUT2D eigenvalue weighted by Crippen LogP contribution is 2.18. The summed E-state index contributed by atoms with van der Waals surface area (Å²) in [5.74, 6) is 0.765. The molecule has 1 aromatic carbocycles. The molecule has 0 atom stereocenters. The normalized spacial score (nSPS) is 9.50. The van der Waals surface area contributed by atoms with Crippen LogP contribution in [0.3, 0.4) is 0 Å². The fraction of sp³-hybridized carbons (Fsp3) is 0.111. The van der Waals surface area contributed by atoms with Crippen LogP contribution in [-0.2, 0) is 6.54 Å². The van der Waals surface area contributed by atoms with Crippen LogP contribution in [0.25, 0.3) is 11.4 Å². The van der Waals surface area contributed by atoms with Crippen LogP contribution >= 0.6 is 12.4 Å². The average Bonchev–Trinajstić information content (AvgIpc) is 2.70. The van der Waals surface area contributed by atoms with Gasteiger partial charge in [0.15, 0.2) is 5.82 Å². The van der Waals surface area contributed by atoms with Gasteiger partial charge >= 0.3 is 0 Å². The summed E-state index contributed by atoms with van der Waals surface area (Å²) in [5.41, 5.74) is 7.68. The number of hydrogen-bond donors (Lipinski definition) is 2. The van der Waals surface area contributed by atoms with Crippen molar-refractivity contribution < 1.29 is 0 Å². The maximum atomic E-state index is 5.59. The van der Waals surface area contributed by atoms with E-state index in [9.17, 15) is 0 Å². The summed E-state index contributed by atoms with van der Waals surface area (Å²) in [6.07, 6.45) is 1.49. The van der Waals surface area contributed by atoms with Gasteiger partial charge in [0, 0.05) is 12.1 Å². The van der Waals surface area contributed by atoms with Crippen LogP contribution in [0.5, 0.6) is 0 Å². The van der Waals surface area contributed by atoms with Crippen molar-refractivity contribution >= 4 is 12.4 Å². The summed E-state index contributed by atoms with van der Waals surface area (Å²) in [7, 11) is 0. The molecule has 2 rings (SSSR count). The smallest absolute Gasteiger partial charge is 0.155 e. The largest absolute Gasteiger partial charge is 0.326 e. The van der Waals surface area contributed by atoms with Crippen LogP contribution in [0, 0.1) is 0 Å². The molecule has 0 unspecified atom stereocenters. The first-order valence-electron chi connectivity index (χ1n) is 4.05. The van der Waals surface area contributed by atoms with Gasteiger partial charge in [-0.15, -0.1) is 12.4 Å². The Morgan fingerprint density at radius 3 is 2.71 bits per heavy atom. The number of rotatable bonds is 2. The molecule has 0 bridgehead atoms. The van der Waals surface area contributed by atoms with Gasteiger partial charge in [-0.25, -0.2) is 4.98 Å². The van der Waals surface area contributed by atoms with E-state index in [1.165, 1.54) is 6.33 Å². The summed E-state index contributed by atoms with van der Waals surface area (Å²) in [6, 6.07) is 7.87. The van der Waals surface area contributed by atoms with Crippen molar-refractivity contribution in [2.24, 2.45) is 5.73 Å². The van der Waals surface area contributed by atoms with Gasteiger partial charge in [-0.2, -0.15) is 5.10 Å². The minimum atomic E-state index is 0. The Balaban J connectivity index is 0.000000980. The van der Waals surface area contributed by atoms with Crippen molar-refractivity contribution in [3.63, 3.8) is 0 Å². The molecule has 0 aliphatic carbocycles. The van der Waals surface area contributed by atoms with Crippen LogP contribution in [0.2, 0.25) is 0 Å². The number of nitrogens with zero attached hydrogens (tertiary/aromatic N) is 2. The molecule has 14 heavy (non-hydrogen) atoms. The van der Waals surface area contributed by atoms with Crippen LogP contribution in [-0.4, -0.2) is 15.2 Å². The molecule has 5 heteroatoms. The Labute approximate surface area is 88.0 Å². The van der Waals surface area contributed by atoms with E-state index in [1.807, 2.05) is 24.3 Å². The first kappa shape index (κ1) is 10.7. The van der Waals surface area contributed by atoms with E-state index in [0.717, 1.165) is 17.0 Å². The van der Waals surface area contributed by atoms with Crippen molar-refractivity contribution in [2.45, 2.75) is 6.54 Å². The van der Waals surface area contributed by atoms with E-state index in [-0.39, 0.29) is 12.4 Å². The molecule has 0 fully saturated rings. The lowest BCUT2D eigenvalue weighted by molar-refractivity contribution is 1.05. The SMILES string of the molecule is Cl.NCc1ccccc1-c1ncn[nH]1. The number of halogens is 1. The lowest BCUT2D eigenvalue weighted by atomic mass is 10.1. The van der Waals surface area contributed by atoms with Gasteiger partial charge in [0.25, 0.3) is 0 Å². The molecule has 0 aliphatic heterocycles. The fourth-order valence-corrected chi connectivity index (χ4v) is 1.26. The first-order chi connectivity index (χ1) is 6.42. The molecule has 1 heterocycles. The quantitative estimate of drug-likeness (QED) is 0.787. The highest BCUT2D eigenvalue weighted by Gasteiger charge is 2.04. The number of benzene rings is 1. The number of nitrogens with two attached hydrogens (primary N) is 1. The topological polar surface area (TPSA) is 67.6 Å². The van der Waals surface area contributed by atoms with Gasteiger partial charge in [-0.1, -0.05) is 24.3 Å². The lowest BCUT2D eigenvalue weighted by Crippen LogP contribution is -1.99. The number of hydrogen-bond acceptors (Lipinski definition) is 3. The second-order valence-corrected chi connectivity index (χ2v) is 2.70. The minimum Gasteiger partial charge on any atom is -0.326 e. The maximum Gasteiger partial charge on any atom is 0.155 e. The predicted octanol–water partition coefficient (Wildman–Crippen LogP) is 1.35. The standard InChI is InChI=1S/C9H10N4.ClH/c10-5-7-3-1-2-4-8(7)9-11-6-12-13-9;/h1-4,6H,5,10H2,(H,11,12,13);1H. The van der Waals surface area contributed by atoms with Crippen molar-refractivity contribution in [3.05, 3.63) is 36.2 Å². The highest BCUT2D eigenvalue weighted by molar-refractivity contribution is 5.85.